The molecule has 1 aromatic carbocycles. The second-order valence-corrected chi connectivity index (χ2v) is 19.9. The summed E-state index contributed by atoms with van der Waals surface area (Å²) < 4.78 is 97.0. The van der Waals surface area contributed by atoms with Crippen molar-refractivity contribution >= 4 is 50.4 Å². The normalized spacial score (nSPS) is 27.8. The summed E-state index contributed by atoms with van der Waals surface area (Å²) in [5.74, 6) is -3.89. The maximum atomic E-state index is 15.1. The average Bonchev–Trinajstić information content (AvgIpc) is 4.11. The van der Waals surface area contributed by atoms with Gasteiger partial charge in [0.05, 0.1) is 13.7 Å². The molecule has 0 spiro atoms. The lowest BCUT2D eigenvalue weighted by Gasteiger charge is -2.45. The second kappa shape index (κ2) is 17.0. The third kappa shape index (κ3) is 8.71. The molecule has 2 aliphatic carbocycles. The van der Waals surface area contributed by atoms with Crippen molar-refractivity contribution in [2.75, 3.05) is 38.8 Å². The lowest BCUT2D eigenvalue weighted by atomic mass is 9.85. The summed E-state index contributed by atoms with van der Waals surface area (Å²) in [5.41, 5.74) is -4.92. The van der Waals surface area contributed by atoms with Gasteiger partial charge in [0.25, 0.3) is 5.91 Å². The van der Waals surface area contributed by atoms with Crippen molar-refractivity contribution in [3.63, 3.8) is 0 Å². The van der Waals surface area contributed by atoms with Crippen LogP contribution in [0, 0.1) is 17.8 Å². The maximum Gasteiger partial charge on any atom is 0.411 e. The SMILES string of the molecule is CCN(C)c1cc2cc(OC)ccc2c(O[C@@H]2C[C@H]3C(=O)N[C@]4(C(=O)NS(=O)(=O)C5(CF)CC5)C[C@H]4C=CCC[C@@H](C)C[C@@H](C)[C@H](N(C(=O)O)C(C)(C)C(F)(F)F)C(=O)N3C2)n1. The predicted octanol–water partition coefficient (Wildman–Crippen LogP) is 5.57. The highest BCUT2D eigenvalue weighted by molar-refractivity contribution is 7.91. The minimum Gasteiger partial charge on any atom is -0.497 e. The average molecular weight is 897 g/mol. The number of fused-ring (bicyclic) bond motifs is 3. The molecule has 3 N–H and O–H groups in total. The Bertz CT molecular complexity index is 2220. The Morgan fingerprint density at radius 3 is 2.42 bits per heavy atom. The van der Waals surface area contributed by atoms with Crippen molar-refractivity contribution in [3.05, 3.63) is 36.4 Å². The number of halogens is 4. The topological polar surface area (TPSA) is 188 Å². The number of carboxylic acid groups (broad SMARTS) is 1. The van der Waals surface area contributed by atoms with Gasteiger partial charge in [-0.1, -0.05) is 26.0 Å². The van der Waals surface area contributed by atoms with E-state index in [0.717, 1.165) is 4.90 Å². The van der Waals surface area contributed by atoms with Crippen LogP contribution in [0.1, 0.15) is 79.6 Å². The van der Waals surface area contributed by atoms with Crippen LogP contribution in [-0.2, 0) is 24.4 Å². The minimum absolute atomic E-state index is 0.000936. The number of carbonyl (C=O) groups excluding carboxylic acids is 3. The number of nitrogens with zero attached hydrogens (tertiary/aromatic N) is 4. The number of alkyl halides is 4. The van der Waals surface area contributed by atoms with Crippen LogP contribution in [0.25, 0.3) is 10.8 Å². The van der Waals surface area contributed by atoms with E-state index in [-0.39, 0.29) is 48.8 Å². The van der Waals surface area contributed by atoms with Crippen LogP contribution in [0.4, 0.5) is 28.2 Å². The molecule has 3 heterocycles. The molecule has 2 aliphatic heterocycles. The number of anilines is 1. The zero-order chi connectivity index (χ0) is 45.7. The quantitative estimate of drug-likeness (QED) is 0.189. The largest absolute Gasteiger partial charge is 0.497 e. The second-order valence-electron chi connectivity index (χ2n) is 17.9. The number of sulfonamides is 1. The molecule has 3 fully saturated rings. The first kappa shape index (κ1) is 46.6. The van der Waals surface area contributed by atoms with E-state index < -0.39 is 99.1 Å². The molecule has 7 atom stereocenters. The molecule has 2 saturated carbocycles. The number of hydrogen-bond donors (Lipinski definition) is 3. The van der Waals surface area contributed by atoms with E-state index >= 15 is 4.79 Å². The van der Waals surface area contributed by atoms with Gasteiger partial charge in [-0.05, 0) is 101 Å². The van der Waals surface area contributed by atoms with Gasteiger partial charge in [-0.3, -0.25) is 24.0 Å². The highest BCUT2D eigenvalue weighted by Crippen LogP contribution is 2.48. The van der Waals surface area contributed by atoms with E-state index in [1.165, 1.54) is 14.0 Å². The molecule has 62 heavy (non-hydrogen) atoms. The fraction of sp³-hybridized carbons (Fsp3) is 0.643. The number of hydrogen-bond acceptors (Lipinski definition) is 10. The molecular weight excluding hydrogens is 841 g/mol. The standard InChI is InChI=1S/C42H56F4N6O9S/c1-8-50(6)32-19-26-18-28(60-7)13-14-30(26)35(47-32)61-29-20-31-34(53)48-41(37(55)49-62(58,59)40(23-43)15-16-40)21-27(41)12-10-9-11-24(2)17-25(3)33(36(54)51(31)22-29)52(38(56)57)39(4,5)42(44,45)46/h10,12-14,18-19,24-25,27,29,31,33H,8-9,11,15-17,20-23H2,1-7H3,(H,48,53)(H,49,55)(H,56,57)/t24-,25-,27-,29-,31+,33+,41-/m1/s1. The van der Waals surface area contributed by atoms with Crippen molar-refractivity contribution < 1.29 is 59.7 Å². The smallest absolute Gasteiger partial charge is 0.411 e. The highest BCUT2D eigenvalue weighted by Gasteiger charge is 2.64. The van der Waals surface area contributed by atoms with Gasteiger partial charge in [-0.25, -0.2) is 17.6 Å². The molecule has 4 aliphatic rings. The van der Waals surface area contributed by atoms with Crippen LogP contribution in [0.3, 0.4) is 0 Å². The number of rotatable bonds is 11. The van der Waals surface area contributed by atoms with Crippen molar-refractivity contribution in [1.82, 2.24) is 24.8 Å². The first-order chi connectivity index (χ1) is 29.0. The van der Waals surface area contributed by atoms with E-state index in [1.807, 2.05) is 36.6 Å². The summed E-state index contributed by atoms with van der Waals surface area (Å²) in [6.45, 7) is 5.54. The Morgan fingerprint density at radius 2 is 1.82 bits per heavy atom. The summed E-state index contributed by atoms with van der Waals surface area (Å²) in [7, 11) is -1.19. The predicted molar refractivity (Wildman–Crippen MR) is 221 cm³/mol. The maximum absolute atomic E-state index is 15.1. The van der Waals surface area contributed by atoms with Gasteiger partial charge in [-0.2, -0.15) is 18.2 Å². The minimum atomic E-state index is -5.12. The number of amides is 4. The molecule has 4 amide bonds. The van der Waals surface area contributed by atoms with Crippen molar-refractivity contribution in [3.8, 4) is 11.6 Å². The summed E-state index contributed by atoms with van der Waals surface area (Å²) >= 11 is 0. The van der Waals surface area contributed by atoms with E-state index in [2.05, 4.69) is 5.32 Å². The highest BCUT2D eigenvalue weighted by atomic mass is 32.2. The number of aromatic nitrogens is 1. The van der Waals surface area contributed by atoms with Gasteiger partial charge in [0.1, 0.15) is 52.3 Å². The van der Waals surface area contributed by atoms with Gasteiger partial charge in [0, 0.05) is 31.3 Å². The molecule has 0 unspecified atom stereocenters. The van der Waals surface area contributed by atoms with Crippen LogP contribution >= 0.6 is 0 Å². The first-order valence-corrected chi connectivity index (χ1v) is 22.3. The number of ether oxygens (including phenoxy) is 2. The lowest BCUT2D eigenvalue weighted by Crippen LogP contribution is -2.66. The van der Waals surface area contributed by atoms with Gasteiger partial charge in [-0.15, -0.1) is 0 Å². The first-order valence-electron chi connectivity index (χ1n) is 20.8. The van der Waals surface area contributed by atoms with Crippen LogP contribution in [0.5, 0.6) is 11.6 Å². The molecule has 1 saturated heterocycles. The number of allylic oxidation sites excluding steroid dienone is 1. The van der Waals surface area contributed by atoms with E-state index in [1.54, 1.807) is 30.4 Å². The molecule has 2 aromatic rings. The zero-order valence-electron chi connectivity index (χ0n) is 35.9. The Kier molecular flexibility index (Phi) is 12.8. The van der Waals surface area contributed by atoms with Crippen LogP contribution in [-0.4, -0.2) is 126 Å². The zero-order valence-corrected chi connectivity index (χ0v) is 36.7. The van der Waals surface area contributed by atoms with Crippen LogP contribution in [0.15, 0.2) is 36.4 Å². The van der Waals surface area contributed by atoms with Gasteiger partial charge < -0.3 is 29.7 Å². The lowest BCUT2D eigenvalue weighted by molar-refractivity contribution is -0.222. The summed E-state index contributed by atoms with van der Waals surface area (Å²) in [5, 5.41) is 14.4. The summed E-state index contributed by atoms with van der Waals surface area (Å²) in [4.78, 5) is 64.5. The number of nitrogens with one attached hydrogen (secondary N) is 2. The van der Waals surface area contributed by atoms with Gasteiger partial charge in [0.15, 0.2) is 0 Å². The van der Waals surface area contributed by atoms with Crippen LogP contribution < -0.4 is 24.4 Å². The number of pyridine rings is 1. The Morgan fingerprint density at radius 1 is 1.13 bits per heavy atom. The van der Waals surface area contributed by atoms with Crippen molar-refractivity contribution in [2.24, 2.45) is 17.8 Å². The fourth-order valence-electron chi connectivity index (χ4n) is 8.66. The molecule has 6 rings (SSSR count). The monoisotopic (exact) mass is 896 g/mol. The van der Waals surface area contributed by atoms with E-state index in [9.17, 15) is 45.5 Å². The summed E-state index contributed by atoms with van der Waals surface area (Å²) in [6, 6.07) is 3.51. The molecule has 15 nitrogen and oxygen atoms in total. The number of benzene rings is 1. The van der Waals surface area contributed by atoms with Crippen LogP contribution in [0.2, 0.25) is 0 Å². The molecular formula is C42H56F4N6O9S. The van der Waals surface area contributed by atoms with E-state index in [0.29, 0.717) is 55.6 Å². The molecule has 1 aromatic heterocycles. The molecule has 0 radical (unpaired) electrons. The van der Waals surface area contributed by atoms with Gasteiger partial charge >= 0.3 is 12.3 Å². The van der Waals surface area contributed by atoms with Gasteiger partial charge in [0.2, 0.25) is 27.7 Å². The van der Waals surface area contributed by atoms with E-state index in [4.69, 9.17) is 14.5 Å². The van der Waals surface area contributed by atoms with Crippen molar-refractivity contribution in [1.29, 1.82) is 0 Å². The number of methoxy groups -OCH3 is 1. The molecule has 20 heteroatoms. The molecule has 0 bridgehead atoms. The summed E-state index contributed by atoms with van der Waals surface area (Å²) in [6.07, 6.45) is -4.04. The Balaban J connectivity index is 1.45. The third-order valence-corrected chi connectivity index (χ3v) is 15.2. The Hall–Kier alpha value is -4.88. The molecule has 342 valence electrons. The fourth-order valence-corrected chi connectivity index (χ4v) is 10.1. The number of carbonyl (C=O) groups is 4. The Labute approximate surface area is 358 Å². The van der Waals surface area contributed by atoms with Crippen molar-refractivity contribution in [2.45, 2.75) is 120 Å². The third-order valence-electron chi connectivity index (χ3n) is 13.1.